The molecule has 1 heterocycles. The Labute approximate surface area is 94.3 Å². The van der Waals surface area contributed by atoms with Crippen molar-refractivity contribution in [2.24, 2.45) is 0 Å². The van der Waals surface area contributed by atoms with Gasteiger partial charge in [-0.15, -0.1) is 0 Å². The molecular formula is C12H14OTe. The molecule has 1 nitrogen and oxygen atoms in total. The minimum absolute atomic E-state index is 0.0678. The molecule has 2 aromatic rings. The number of rotatable bonds is 1. The Bertz CT molecular complexity index is 437. The normalized spacial score (nSPS) is 11.9. The SMILES string of the molecule is CC(C)(C)Oc1ccc2cc[te]c2c1. The van der Waals surface area contributed by atoms with Gasteiger partial charge in [0.05, 0.1) is 0 Å². The van der Waals surface area contributed by atoms with E-state index in [9.17, 15) is 0 Å². The third-order valence-corrected chi connectivity index (χ3v) is 4.36. The molecule has 0 unspecified atom stereocenters. The van der Waals surface area contributed by atoms with Crippen LogP contribution in [0.15, 0.2) is 28.3 Å². The summed E-state index contributed by atoms with van der Waals surface area (Å²) in [4.78, 5) is 0. The molecule has 0 bridgehead atoms. The standard InChI is InChI=1S/C12H14OTe/c1-12(2,3)13-10-5-4-9-6-7-14-11(9)8-10/h4-8H,1-3H3. The zero-order valence-corrected chi connectivity index (χ0v) is 11.0. The Balaban J connectivity index is 2.35. The first-order chi connectivity index (χ1) is 6.54. The van der Waals surface area contributed by atoms with Crippen molar-refractivity contribution in [3.05, 3.63) is 28.3 Å². The number of hydrogen-bond acceptors (Lipinski definition) is 1. The van der Waals surface area contributed by atoms with Crippen molar-refractivity contribution in [2.45, 2.75) is 26.4 Å². The molecule has 0 aliphatic rings. The van der Waals surface area contributed by atoms with Crippen LogP contribution in [0, 0.1) is 0 Å². The molecule has 0 radical (unpaired) electrons. The van der Waals surface area contributed by atoms with Gasteiger partial charge < -0.3 is 0 Å². The molecule has 0 aliphatic heterocycles. The zero-order chi connectivity index (χ0) is 10.2. The molecule has 0 amide bonds. The predicted octanol–water partition coefficient (Wildman–Crippen LogP) is 3.07. The van der Waals surface area contributed by atoms with Crippen LogP contribution in [0.25, 0.3) is 8.79 Å². The maximum atomic E-state index is 5.82. The van der Waals surface area contributed by atoms with Crippen molar-refractivity contribution in [1.29, 1.82) is 0 Å². The summed E-state index contributed by atoms with van der Waals surface area (Å²) in [7, 11) is 0. The van der Waals surface area contributed by atoms with Gasteiger partial charge in [-0.1, -0.05) is 0 Å². The van der Waals surface area contributed by atoms with Gasteiger partial charge in [-0.3, -0.25) is 0 Å². The molecule has 0 aliphatic carbocycles. The summed E-state index contributed by atoms with van der Waals surface area (Å²) in [6.07, 6.45) is 0. The fourth-order valence-electron chi connectivity index (χ4n) is 1.35. The maximum absolute atomic E-state index is 5.82. The first kappa shape index (κ1) is 10.1. The first-order valence-electron chi connectivity index (χ1n) is 4.71. The van der Waals surface area contributed by atoms with Gasteiger partial charge in [-0.05, 0) is 0 Å². The van der Waals surface area contributed by atoms with Crippen LogP contribution in [0.5, 0.6) is 5.75 Å². The molecule has 0 atom stereocenters. The van der Waals surface area contributed by atoms with Crippen molar-refractivity contribution in [1.82, 2.24) is 0 Å². The second kappa shape index (κ2) is 3.60. The van der Waals surface area contributed by atoms with Crippen LogP contribution in [0.1, 0.15) is 20.8 Å². The van der Waals surface area contributed by atoms with E-state index in [0.717, 1.165) is 5.75 Å². The van der Waals surface area contributed by atoms with Gasteiger partial charge in [0.1, 0.15) is 0 Å². The number of ether oxygens (including phenoxy) is 1. The van der Waals surface area contributed by atoms with Crippen LogP contribution in [-0.2, 0) is 0 Å². The van der Waals surface area contributed by atoms with Crippen LogP contribution in [0.2, 0.25) is 0 Å². The Kier molecular flexibility index (Phi) is 2.60. The van der Waals surface area contributed by atoms with Crippen molar-refractivity contribution in [3.8, 4) is 5.75 Å². The van der Waals surface area contributed by atoms with E-state index < -0.39 is 0 Å². The van der Waals surface area contributed by atoms with Crippen LogP contribution in [-0.4, -0.2) is 26.0 Å². The molecule has 1 aromatic heterocycles. The van der Waals surface area contributed by atoms with Gasteiger partial charge >= 0.3 is 94.4 Å². The topological polar surface area (TPSA) is 9.23 Å². The molecule has 14 heavy (non-hydrogen) atoms. The molecule has 0 N–H and O–H groups in total. The third-order valence-electron chi connectivity index (χ3n) is 1.85. The van der Waals surface area contributed by atoms with E-state index in [1.165, 1.54) is 8.79 Å². The van der Waals surface area contributed by atoms with Gasteiger partial charge in [0.25, 0.3) is 0 Å². The fraction of sp³-hybridized carbons (Fsp3) is 0.333. The second-order valence-electron chi connectivity index (χ2n) is 4.33. The van der Waals surface area contributed by atoms with E-state index in [2.05, 4.69) is 49.1 Å². The molecule has 74 valence electrons. The van der Waals surface area contributed by atoms with Crippen LogP contribution >= 0.6 is 0 Å². The summed E-state index contributed by atoms with van der Waals surface area (Å²) in [5, 5.41) is 1.38. The summed E-state index contributed by atoms with van der Waals surface area (Å²) < 4.78 is 9.63. The zero-order valence-electron chi connectivity index (χ0n) is 8.70. The molecule has 0 saturated heterocycles. The number of benzene rings is 1. The number of fused-ring (bicyclic) bond motifs is 1. The summed E-state index contributed by atoms with van der Waals surface area (Å²) in [6, 6.07) is 8.64. The van der Waals surface area contributed by atoms with Gasteiger partial charge in [-0.2, -0.15) is 0 Å². The van der Waals surface area contributed by atoms with Crippen LogP contribution in [0.3, 0.4) is 0 Å². The molecule has 2 heteroatoms. The average Bonchev–Trinajstić information content (AvgIpc) is 2.47. The second-order valence-corrected chi connectivity index (χ2v) is 7.04. The molecule has 1 aromatic carbocycles. The third kappa shape index (κ3) is 2.32. The Hall–Kier alpha value is -0.450. The van der Waals surface area contributed by atoms with Crippen molar-refractivity contribution >= 4 is 29.2 Å². The summed E-state index contributed by atoms with van der Waals surface area (Å²) >= 11 is -0.0678. The van der Waals surface area contributed by atoms with Crippen LogP contribution < -0.4 is 4.74 Å². The van der Waals surface area contributed by atoms with Crippen molar-refractivity contribution in [3.63, 3.8) is 0 Å². The van der Waals surface area contributed by atoms with Crippen LogP contribution in [0.4, 0.5) is 0 Å². The van der Waals surface area contributed by atoms with E-state index in [0.29, 0.717) is 0 Å². The molecule has 2 rings (SSSR count). The van der Waals surface area contributed by atoms with E-state index in [1.807, 2.05) is 0 Å². The molecule has 0 fully saturated rings. The van der Waals surface area contributed by atoms with Gasteiger partial charge in [0.2, 0.25) is 0 Å². The fourth-order valence-corrected chi connectivity index (χ4v) is 3.69. The monoisotopic (exact) mass is 304 g/mol. The van der Waals surface area contributed by atoms with E-state index in [4.69, 9.17) is 4.74 Å². The number of hydrogen-bond donors (Lipinski definition) is 0. The van der Waals surface area contributed by atoms with Crippen molar-refractivity contribution in [2.75, 3.05) is 0 Å². The molecule has 0 saturated carbocycles. The Morgan fingerprint density at radius 1 is 1.14 bits per heavy atom. The quantitative estimate of drug-likeness (QED) is 0.736. The van der Waals surface area contributed by atoms with Gasteiger partial charge in [0, 0.05) is 0 Å². The molecular weight excluding hydrogens is 288 g/mol. The van der Waals surface area contributed by atoms with Gasteiger partial charge in [-0.25, -0.2) is 0 Å². The minimum atomic E-state index is -0.0964. The van der Waals surface area contributed by atoms with E-state index in [-0.39, 0.29) is 26.0 Å². The Morgan fingerprint density at radius 3 is 2.64 bits per heavy atom. The van der Waals surface area contributed by atoms with E-state index >= 15 is 0 Å². The summed E-state index contributed by atoms with van der Waals surface area (Å²) in [6.45, 7) is 6.24. The van der Waals surface area contributed by atoms with Gasteiger partial charge in [0.15, 0.2) is 0 Å². The van der Waals surface area contributed by atoms with Crippen molar-refractivity contribution < 1.29 is 4.74 Å². The molecule has 0 spiro atoms. The first-order valence-corrected chi connectivity index (χ1v) is 7.22. The Morgan fingerprint density at radius 2 is 1.93 bits per heavy atom. The van der Waals surface area contributed by atoms with E-state index in [1.54, 1.807) is 0 Å². The summed E-state index contributed by atoms with van der Waals surface area (Å²) in [5.41, 5.74) is -0.0964. The predicted molar refractivity (Wildman–Crippen MR) is 61.3 cm³/mol. The average molecular weight is 302 g/mol. The summed E-state index contributed by atoms with van der Waals surface area (Å²) in [5.74, 6) is 1.00.